The highest BCUT2D eigenvalue weighted by Crippen LogP contribution is 2.34. The number of ether oxygens (including phenoxy) is 1. The molecule has 4 unspecified atom stereocenters. The van der Waals surface area contributed by atoms with Gasteiger partial charge in [-0.25, -0.2) is 4.68 Å². The number of carbonyl (C=O) groups is 1. The highest BCUT2D eigenvalue weighted by Gasteiger charge is 2.39. The molecule has 1 aromatic heterocycles. The number of rotatable bonds is 5. The fraction of sp³-hybridized carbons (Fsp3) is 0.556. The number of aromatic nitrogens is 4. The standard InChI is InChI=1S/C18H23N5O2/c24-18(20-15-7-4-8-17-14(15)9-10-25-17)16(23-12-19-21-22-23)11-13-5-2-1-3-6-13/h1-3,5-6,12,14-17H,4,7-11H2,(H,20,24). The molecule has 7 heteroatoms. The molecule has 2 aliphatic rings. The van der Waals surface area contributed by atoms with Gasteiger partial charge in [-0.3, -0.25) is 4.79 Å². The fourth-order valence-electron chi connectivity index (χ4n) is 4.09. The summed E-state index contributed by atoms with van der Waals surface area (Å²) in [6, 6.07) is 9.70. The maximum atomic E-state index is 13.0. The largest absolute Gasteiger partial charge is 0.378 e. The van der Waals surface area contributed by atoms with Gasteiger partial charge in [0.25, 0.3) is 0 Å². The van der Waals surface area contributed by atoms with Gasteiger partial charge in [-0.05, 0) is 41.7 Å². The zero-order valence-corrected chi connectivity index (χ0v) is 14.1. The van der Waals surface area contributed by atoms with Gasteiger partial charge in [-0.15, -0.1) is 5.10 Å². The summed E-state index contributed by atoms with van der Waals surface area (Å²) in [5.74, 6) is 0.414. The number of fused-ring (bicyclic) bond motifs is 1. The quantitative estimate of drug-likeness (QED) is 0.892. The van der Waals surface area contributed by atoms with Crippen molar-refractivity contribution in [3.8, 4) is 0 Å². The van der Waals surface area contributed by atoms with Gasteiger partial charge in [0.05, 0.1) is 6.10 Å². The lowest BCUT2D eigenvalue weighted by molar-refractivity contribution is -0.126. The van der Waals surface area contributed by atoms with Crippen molar-refractivity contribution in [3.63, 3.8) is 0 Å². The van der Waals surface area contributed by atoms with Gasteiger partial charge >= 0.3 is 0 Å². The van der Waals surface area contributed by atoms with E-state index in [1.807, 2.05) is 30.3 Å². The lowest BCUT2D eigenvalue weighted by Crippen LogP contribution is -2.48. The van der Waals surface area contributed by atoms with Crippen molar-refractivity contribution < 1.29 is 9.53 Å². The van der Waals surface area contributed by atoms with Crippen LogP contribution in [0.5, 0.6) is 0 Å². The predicted molar refractivity (Wildman–Crippen MR) is 90.6 cm³/mol. The van der Waals surface area contributed by atoms with Crippen molar-refractivity contribution in [2.24, 2.45) is 5.92 Å². The molecule has 2 heterocycles. The Bertz CT molecular complexity index is 691. The number of nitrogens with zero attached hydrogens (tertiary/aromatic N) is 4. The second kappa shape index (κ2) is 7.31. The van der Waals surface area contributed by atoms with E-state index >= 15 is 0 Å². The van der Waals surface area contributed by atoms with Crippen LogP contribution >= 0.6 is 0 Å². The van der Waals surface area contributed by atoms with Crippen LogP contribution in [-0.4, -0.2) is 44.9 Å². The smallest absolute Gasteiger partial charge is 0.245 e. The van der Waals surface area contributed by atoms with E-state index in [0.717, 1.165) is 37.9 Å². The molecule has 1 saturated heterocycles. The fourth-order valence-corrected chi connectivity index (χ4v) is 4.09. The summed E-state index contributed by atoms with van der Waals surface area (Å²) in [4.78, 5) is 13.0. The molecular weight excluding hydrogens is 318 g/mol. The molecule has 7 nitrogen and oxygen atoms in total. The second-order valence-corrected chi connectivity index (χ2v) is 6.90. The summed E-state index contributed by atoms with van der Waals surface area (Å²) < 4.78 is 7.36. The molecule has 0 bridgehead atoms. The van der Waals surface area contributed by atoms with E-state index in [1.54, 1.807) is 4.68 Å². The summed E-state index contributed by atoms with van der Waals surface area (Å²) >= 11 is 0. The average molecular weight is 341 g/mol. The minimum absolute atomic E-state index is 0.0197. The zero-order chi connectivity index (χ0) is 17.1. The van der Waals surface area contributed by atoms with Crippen molar-refractivity contribution in [1.82, 2.24) is 25.5 Å². The minimum Gasteiger partial charge on any atom is -0.378 e. The number of hydrogen-bond donors (Lipinski definition) is 1. The first-order chi connectivity index (χ1) is 12.3. The Morgan fingerprint density at radius 2 is 2.16 bits per heavy atom. The van der Waals surface area contributed by atoms with Crippen molar-refractivity contribution >= 4 is 5.91 Å². The summed E-state index contributed by atoms with van der Waals surface area (Å²) in [7, 11) is 0. The first kappa shape index (κ1) is 16.2. The van der Waals surface area contributed by atoms with Crippen LogP contribution in [0.3, 0.4) is 0 Å². The molecule has 1 aromatic carbocycles. The molecule has 132 valence electrons. The predicted octanol–water partition coefficient (Wildman–Crippen LogP) is 1.53. The van der Waals surface area contributed by atoms with E-state index in [1.165, 1.54) is 6.33 Å². The van der Waals surface area contributed by atoms with E-state index in [4.69, 9.17) is 4.74 Å². The number of benzene rings is 1. The van der Waals surface area contributed by atoms with Crippen molar-refractivity contribution in [3.05, 3.63) is 42.2 Å². The van der Waals surface area contributed by atoms with E-state index in [-0.39, 0.29) is 11.9 Å². The third kappa shape index (κ3) is 3.56. The molecule has 1 aliphatic heterocycles. The van der Waals surface area contributed by atoms with Crippen LogP contribution in [0.1, 0.15) is 37.3 Å². The second-order valence-electron chi connectivity index (χ2n) is 6.90. The third-order valence-electron chi connectivity index (χ3n) is 5.37. The van der Waals surface area contributed by atoms with Gasteiger partial charge in [0.2, 0.25) is 5.91 Å². The highest BCUT2D eigenvalue weighted by atomic mass is 16.5. The summed E-state index contributed by atoms with van der Waals surface area (Å²) in [6.07, 6.45) is 6.63. The number of hydrogen-bond acceptors (Lipinski definition) is 5. The lowest BCUT2D eigenvalue weighted by Gasteiger charge is -2.34. The summed E-state index contributed by atoms with van der Waals surface area (Å²) in [5, 5.41) is 14.6. The highest BCUT2D eigenvalue weighted by molar-refractivity contribution is 5.80. The molecule has 1 aliphatic carbocycles. The maximum absolute atomic E-state index is 13.0. The molecule has 25 heavy (non-hydrogen) atoms. The topological polar surface area (TPSA) is 81.9 Å². The van der Waals surface area contributed by atoms with Crippen LogP contribution in [0.2, 0.25) is 0 Å². The van der Waals surface area contributed by atoms with Gasteiger partial charge in [-0.1, -0.05) is 30.3 Å². The van der Waals surface area contributed by atoms with Crippen LogP contribution in [0.4, 0.5) is 0 Å². The summed E-state index contributed by atoms with van der Waals surface area (Å²) in [5.41, 5.74) is 1.09. The Kier molecular flexibility index (Phi) is 4.74. The third-order valence-corrected chi connectivity index (χ3v) is 5.37. The number of nitrogens with one attached hydrogen (secondary N) is 1. The van der Waals surface area contributed by atoms with E-state index in [2.05, 4.69) is 20.8 Å². The Hall–Kier alpha value is -2.28. The number of carbonyl (C=O) groups excluding carboxylic acids is 1. The first-order valence-corrected chi connectivity index (χ1v) is 8.99. The molecular formula is C18H23N5O2. The van der Waals surface area contributed by atoms with Gasteiger partial charge in [0.1, 0.15) is 12.4 Å². The van der Waals surface area contributed by atoms with E-state index in [9.17, 15) is 4.79 Å². The Morgan fingerprint density at radius 1 is 1.28 bits per heavy atom. The maximum Gasteiger partial charge on any atom is 0.245 e. The molecule has 1 amide bonds. The van der Waals surface area contributed by atoms with Gasteiger partial charge in [0, 0.05) is 25.0 Å². The number of amides is 1. The first-order valence-electron chi connectivity index (χ1n) is 8.99. The molecule has 1 saturated carbocycles. The zero-order valence-electron chi connectivity index (χ0n) is 14.1. The Morgan fingerprint density at radius 3 is 2.96 bits per heavy atom. The van der Waals surface area contributed by atoms with Crippen LogP contribution in [0, 0.1) is 5.92 Å². The molecule has 0 spiro atoms. The Labute approximate surface area is 146 Å². The summed E-state index contributed by atoms with van der Waals surface area (Å²) in [6.45, 7) is 0.808. The van der Waals surface area contributed by atoms with Crippen LogP contribution in [0.25, 0.3) is 0 Å². The van der Waals surface area contributed by atoms with Crippen LogP contribution in [0.15, 0.2) is 36.7 Å². The van der Waals surface area contributed by atoms with E-state index in [0.29, 0.717) is 18.4 Å². The van der Waals surface area contributed by atoms with Gasteiger partial charge in [0.15, 0.2) is 0 Å². The monoisotopic (exact) mass is 341 g/mol. The van der Waals surface area contributed by atoms with E-state index < -0.39 is 6.04 Å². The van der Waals surface area contributed by atoms with Gasteiger partial charge in [-0.2, -0.15) is 0 Å². The molecule has 0 radical (unpaired) electrons. The normalized spacial score (nSPS) is 26.8. The van der Waals surface area contributed by atoms with Crippen LogP contribution < -0.4 is 5.32 Å². The minimum atomic E-state index is -0.444. The van der Waals surface area contributed by atoms with Crippen molar-refractivity contribution in [2.75, 3.05) is 6.61 Å². The van der Waals surface area contributed by atoms with Crippen molar-refractivity contribution in [1.29, 1.82) is 0 Å². The lowest BCUT2D eigenvalue weighted by atomic mass is 9.81. The molecule has 4 rings (SSSR count). The average Bonchev–Trinajstić information content (AvgIpc) is 3.32. The Balaban J connectivity index is 1.49. The molecule has 1 N–H and O–H groups in total. The van der Waals surface area contributed by atoms with Crippen LogP contribution in [-0.2, 0) is 16.0 Å². The van der Waals surface area contributed by atoms with Crippen molar-refractivity contribution in [2.45, 2.75) is 50.3 Å². The molecule has 4 atom stereocenters. The van der Waals surface area contributed by atoms with Gasteiger partial charge < -0.3 is 10.1 Å². The molecule has 2 aromatic rings. The SMILES string of the molecule is O=C(NC1CCCC2OCCC12)C(Cc1ccccc1)n1cnnn1. The molecule has 2 fully saturated rings. The number of tetrazole rings is 1.